The van der Waals surface area contributed by atoms with Crippen molar-refractivity contribution in [2.45, 2.75) is 265 Å². The second-order valence-corrected chi connectivity index (χ2v) is 16.4. The summed E-state index contributed by atoms with van der Waals surface area (Å²) in [5, 5.41) is 22.0. The summed E-state index contributed by atoms with van der Waals surface area (Å²) in [5.74, 6) is 0. The number of aryl methyl sites for hydroxylation is 1. The largest absolute Gasteiger partial charge is 0.391 e. The Balaban J connectivity index is 3.47. The van der Waals surface area contributed by atoms with Crippen LogP contribution in [0.1, 0.15) is 255 Å². The molecule has 0 saturated carbocycles. The zero-order valence-electron chi connectivity index (χ0n) is 35.4. The Morgan fingerprint density at radius 2 is 0.765 bits per heavy atom. The quantitative estimate of drug-likeness (QED) is 0.0675. The van der Waals surface area contributed by atoms with Gasteiger partial charge < -0.3 is 14.9 Å². The third kappa shape index (κ3) is 23.5. The standard InChI is InChI=1S/C48H90O3/c1-7-11-15-19-23-27-31-35-43-39-47(48(50)42(6)51-40-41(5)49)46(38-34-30-26-22-18-14-10-4)45(37-33-29-25-21-17-13-9-3)44(43)36-32-28-24-20-16-12-8-2/h39,41-42,48-50H,7-38,40H2,1-6H3. The van der Waals surface area contributed by atoms with Gasteiger partial charge in [-0.2, -0.15) is 0 Å². The molecule has 0 aliphatic carbocycles. The lowest BCUT2D eigenvalue weighted by molar-refractivity contribution is -0.0554. The van der Waals surface area contributed by atoms with Crippen LogP contribution in [0, 0.1) is 0 Å². The lowest BCUT2D eigenvalue weighted by Gasteiger charge is -2.28. The zero-order valence-corrected chi connectivity index (χ0v) is 35.4. The number of unbranched alkanes of at least 4 members (excludes halogenated alkanes) is 24. The maximum atomic E-state index is 12.0. The van der Waals surface area contributed by atoms with E-state index in [0.29, 0.717) is 0 Å². The number of aliphatic hydroxyl groups is 2. The van der Waals surface area contributed by atoms with Gasteiger partial charge in [0.25, 0.3) is 0 Å². The summed E-state index contributed by atoms with van der Waals surface area (Å²) in [7, 11) is 0. The first kappa shape index (κ1) is 48.1. The van der Waals surface area contributed by atoms with E-state index in [1.165, 1.54) is 197 Å². The Labute approximate surface area is 319 Å². The molecule has 0 fully saturated rings. The van der Waals surface area contributed by atoms with Crippen molar-refractivity contribution in [3.63, 3.8) is 0 Å². The van der Waals surface area contributed by atoms with Crippen molar-refractivity contribution in [3.8, 4) is 0 Å². The second-order valence-electron chi connectivity index (χ2n) is 16.4. The Bertz CT molecular complexity index is 908. The summed E-state index contributed by atoms with van der Waals surface area (Å²) in [6.45, 7) is 13.2. The molecule has 300 valence electrons. The molecule has 0 spiro atoms. The molecule has 1 aromatic carbocycles. The minimum atomic E-state index is -0.670. The van der Waals surface area contributed by atoms with E-state index in [1.807, 2.05) is 6.92 Å². The molecular weight excluding hydrogens is 625 g/mol. The lowest BCUT2D eigenvalue weighted by Crippen LogP contribution is -2.25. The molecule has 0 aliphatic heterocycles. The summed E-state index contributed by atoms with van der Waals surface area (Å²) < 4.78 is 6.08. The molecule has 0 aromatic heterocycles. The van der Waals surface area contributed by atoms with E-state index in [-0.39, 0.29) is 12.7 Å². The highest BCUT2D eigenvalue weighted by Gasteiger charge is 2.25. The number of ether oxygens (including phenoxy) is 1. The van der Waals surface area contributed by atoms with E-state index in [1.54, 1.807) is 18.1 Å². The molecule has 2 N–H and O–H groups in total. The van der Waals surface area contributed by atoms with Gasteiger partial charge in [-0.1, -0.05) is 188 Å². The molecular formula is C48H90O3. The first-order chi connectivity index (χ1) is 24.9. The molecule has 1 rings (SSSR count). The third-order valence-electron chi connectivity index (χ3n) is 11.3. The van der Waals surface area contributed by atoms with Crippen LogP contribution < -0.4 is 0 Å². The maximum Gasteiger partial charge on any atom is 0.105 e. The van der Waals surface area contributed by atoms with E-state index in [0.717, 1.165) is 24.8 Å². The Kier molecular flexibility index (Phi) is 31.8. The van der Waals surface area contributed by atoms with Gasteiger partial charge in [0.15, 0.2) is 0 Å². The molecule has 0 bridgehead atoms. The lowest BCUT2D eigenvalue weighted by atomic mass is 9.81. The molecule has 0 aliphatic rings. The molecule has 0 heterocycles. The second kappa shape index (κ2) is 33.7. The molecule has 51 heavy (non-hydrogen) atoms. The van der Waals surface area contributed by atoms with Crippen molar-refractivity contribution in [1.82, 2.24) is 0 Å². The number of benzene rings is 1. The van der Waals surface area contributed by atoms with Crippen LogP contribution in [0.2, 0.25) is 0 Å². The van der Waals surface area contributed by atoms with Gasteiger partial charge in [0.05, 0.1) is 18.8 Å². The van der Waals surface area contributed by atoms with Gasteiger partial charge in [-0.05, 0) is 93.0 Å². The maximum absolute atomic E-state index is 12.0. The molecule has 3 atom stereocenters. The summed E-state index contributed by atoms with van der Waals surface area (Å²) in [6, 6.07) is 2.45. The molecule has 0 amide bonds. The number of aliphatic hydroxyl groups excluding tert-OH is 2. The van der Waals surface area contributed by atoms with Crippen molar-refractivity contribution in [3.05, 3.63) is 33.9 Å². The minimum absolute atomic E-state index is 0.261. The fourth-order valence-corrected chi connectivity index (χ4v) is 7.99. The van der Waals surface area contributed by atoms with Crippen molar-refractivity contribution >= 4 is 0 Å². The molecule has 3 heteroatoms. The van der Waals surface area contributed by atoms with Gasteiger partial charge in [0.2, 0.25) is 0 Å². The van der Waals surface area contributed by atoms with Crippen LogP contribution in [0.25, 0.3) is 0 Å². The highest BCUT2D eigenvalue weighted by atomic mass is 16.5. The predicted octanol–water partition coefficient (Wildman–Crippen LogP) is 14.7. The Hall–Kier alpha value is -0.900. The monoisotopic (exact) mass is 715 g/mol. The van der Waals surface area contributed by atoms with Gasteiger partial charge in [0, 0.05) is 0 Å². The highest BCUT2D eigenvalue weighted by molar-refractivity contribution is 5.48. The van der Waals surface area contributed by atoms with Crippen molar-refractivity contribution in [2.24, 2.45) is 0 Å². The van der Waals surface area contributed by atoms with Crippen LogP contribution in [0.4, 0.5) is 0 Å². The van der Waals surface area contributed by atoms with Crippen molar-refractivity contribution in [1.29, 1.82) is 0 Å². The van der Waals surface area contributed by atoms with Crippen LogP contribution in [0.15, 0.2) is 6.07 Å². The summed E-state index contributed by atoms with van der Waals surface area (Å²) >= 11 is 0. The summed E-state index contributed by atoms with van der Waals surface area (Å²) in [6.07, 6.45) is 40.2. The topological polar surface area (TPSA) is 49.7 Å². The van der Waals surface area contributed by atoms with Crippen LogP contribution in [-0.2, 0) is 30.4 Å². The van der Waals surface area contributed by atoms with Gasteiger partial charge in [-0.15, -0.1) is 0 Å². The average molecular weight is 715 g/mol. The Morgan fingerprint density at radius 1 is 0.431 bits per heavy atom. The normalized spacial score (nSPS) is 13.6. The van der Waals surface area contributed by atoms with E-state index in [2.05, 4.69) is 33.8 Å². The number of hydrogen-bond acceptors (Lipinski definition) is 3. The molecule has 0 saturated heterocycles. The highest BCUT2D eigenvalue weighted by Crippen LogP contribution is 2.35. The zero-order chi connectivity index (χ0) is 37.4. The van der Waals surface area contributed by atoms with Crippen LogP contribution in [0.5, 0.6) is 0 Å². The van der Waals surface area contributed by atoms with E-state index >= 15 is 0 Å². The predicted molar refractivity (Wildman–Crippen MR) is 225 cm³/mol. The Morgan fingerprint density at radius 3 is 1.16 bits per heavy atom. The molecule has 3 nitrogen and oxygen atoms in total. The average Bonchev–Trinajstić information content (AvgIpc) is 3.12. The summed E-state index contributed by atoms with van der Waals surface area (Å²) in [5.41, 5.74) is 7.38. The fraction of sp³-hybridized carbons (Fsp3) is 0.875. The van der Waals surface area contributed by atoms with Crippen LogP contribution in [0.3, 0.4) is 0 Å². The molecule has 0 radical (unpaired) electrons. The van der Waals surface area contributed by atoms with E-state index in [4.69, 9.17) is 4.74 Å². The smallest absolute Gasteiger partial charge is 0.105 e. The van der Waals surface area contributed by atoms with Gasteiger partial charge in [-0.25, -0.2) is 0 Å². The number of rotatable bonds is 37. The van der Waals surface area contributed by atoms with Crippen molar-refractivity contribution in [2.75, 3.05) is 6.61 Å². The third-order valence-corrected chi connectivity index (χ3v) is 11.3. The first-order valence-corrected chi connectivity index (χ1v) is 23.0. The van der Waals surface area contributed by atoms with Crippen LogP contribution in [-0.4, -0.2) is 29.0 Å². The molecule has 3 unspecified atom stereocenters. The SMILES string of the molecule is CCCCCCCCCc1cc(C(O)C(C)OCC(C)O)c(CCCCCCCCC)c(CCCCCCCCC)c1CCCCCCCCC. The first-order valence-electron chi connectivity index (χ1n) is 23.0. The summed E-state index contributed by atoms with van der Waals surface area (Å²) in [4.78, 5) is 0. The number of hydrogen-bond donors (Lipinski definition) is 2. The van der Waals surface area contributed by atoms with Crippen LogP contribution >= 0.6 is 0 Å². The van der Waals surface area contributed by atoms with Gasteiger partial charge in [0.1, 0.15) is 6.10 Å². The van der Waals surface area contributed by atoms with Gasteiger partial charge in [-0.3, -0.25) is 0 Å². The van der Waals surface area contributed by atoms with Crippen molar-refractivity contribution < 1.29 is 14.9 Å². The van der Waals surface area contributed by atoms with E-state index < -0.39 is 12.2 Å². The van der Waals surface area contributed by atoms with E-state index in [9.17, 15) is 10.2 Å². The fourth-order valence-electron chi connectivity index (χ4n) is 7.99. The molecule has 1 aromatic rings. The van der Waals surface area contributed by atoms with Gasteiger partial charge >= 0.3 is 0 Å². The minimum Gasteiger partial charge on any atom is -0.391 e.